The molecule has 0 amide bonds. The summed E-state index contributed by atoms with van der Waals surface area (Å²) >= 11 is 0. The molecular weight excluding hydrogens is 430 g/mol. The number of anilines is 3. The lowest BCUT2D eigenvalue weighted by atomic mass is 10.1. The van der Waals surface area contributed by atoms with Gasteiger partial charge in [-0.2, -0.15) is 8.78 Å². The van der Waals surface area contributed by atoms with Crippen molar-refractivity contribution in [3.05, 3.63) is 71.5 Å². The number of aliphatic hydroxyl groups excluding tert-OH is 1. The number of nitrogens with zero attached hydrogens (tertiary/aromatic N) is 4. The van der Waals surface area contributed by atoms with Crippen molar-refractivity contribution in [1.29, 1.82) is 0 Å². The second-order valence-corrected chi connectivity index (χ2v) is 7.91. The van der Waals surface area contributed by atoms with Crippen molar-refractivity contribution < 1.29 is 18.6 Å². The van der Waals surface area contributed by atoms with Crippen LogP contribution in [0.3, 0.4) is 0 Å². The zero-order valence-electron chi connectivity index (χ0n) is 18.2. The SMILES string of the molecule is COc1ccc(CN(N)c2nc(C(F)(F)c3ccccc3)nc(N3CCC(O)C3)c2N)cc1. The van der Waals surface area contributed by atoms with E-state index in [4.69, 9.17) is 16.3 Å². The van der Waals surface area contributed by atoms with E-state index in [0.717, 1.165) is 5.56 Å². The average Bonchev–Trinajstić information content (AvgIpc) is 3.26. The van der Waals surface area contributed by atoms with Gasteiger partial charge in [0.2, 0.25) is 5.82 Å². The molecule has 1 aliphatic rings. The molecule has 1 saturated heterocycles. The van der Waals surface area contributed by atoms with Crippen LogP contribution in [0.2, 0.25) is 0 Å². The summed E-state index contributed by atoms with van der Waals surface area (Å²) in [6, 6.07) is 14.5. The van der Waals surface area contributed by atoms with Crippen LogP contribution in [0.1, 0.15) is 23.4 Å². The molecule has 1 aromatic heterocycles. The minimum absolute atomic E-state index is 0.0113. The summed E-state index contributed by atoms with van der Waals surface area (Å²) in [5.41, 5.74) is 6.97. The molecule has 5 N–H and O–H groups in total. The molecular formula is C23H26F2N6O2. The topological polar surface area (TPSA) is 114 Å². The maximum Gasteiger partial charge on any atom is 0.331 e. The van der Waals surface area contributed by atoms with Gasteiger partial charge < -0.3 is 20.5 Å². The molecule has 0 aliphatic carbocycles. The predicted octanol–water partition coefficient (Wildman–Crippen LogP) is 2.66. The Labute approximate surface area is 190 Å². The summed E-state index contributed by atoms with van der Waals surface area (Å²) in [5.74, 6) is 2.88. The number of benzene rings is 2. The molecule has 3 aromatic rings. The fraction of sp³-hybridized carbons (Fsp3) is 0.304. The fourth-order valence-electron chi connectivity index (χ4n) is 3.76. The number of methoxy groups -OCH3 is 1. The van der Waals surface area contributed by atoms with Gasteiger partial charge in [0.05, 0.1) is 19.8 Å². The van der Waals surface area contributed by atoms with Crippen LogP contribution in [0.5, 0.6) is 5.75 Å². The summed E-state index contributed by atoms with van der Waals surface area (Å²) in [6.07, 6.45) is -0.101. The van der Waals surface area contributed by atoms with Crippen molar-refractivity contribution in [2.45, 2.75) is 25.0 Å². The van der Waals surface area contributed by atoms with E-state index in [-0.39, 0.29) is 36.0 Å². The Morgan fingerprint density at radius 3 is 2.45 bits per heavy atom. The molecule has 0 bridgehead atoms. The number of halogens is 2. The van der Waals surface area contributed by atoms with Crippen molar-refractivity contribution in [2.75, 3.05) is 35.8 Å². The third-order valence-electron chi connectivity index (χ3n) is 5.57. The van der Waals surface area contributed by atoms with E-state index >= 15 is 8.78 Å². The first-order valence-electron chi connectivity index (χ1n) is 10.5. The van der Waals surface area contributed by atoms with Gasteiger partial charge in [0.1, 0.15) is 11.4 Å². The Morgan fingerprint density at radius 2 is 1.85 bits per heavy atom. The second kappa shape index (κ2) is 9.16. The van der Waals surface area contributed by atoms with Gasteiger partial charge in [-0.3, -0.25) is 5.01 Å². The van der Waals surface area contributed by atoms with Gasteiger partial charge in [-0.25, -0.2) is 15.8 Å². The molecule has 1 atom stereocenters. The highest BCUT2D eigenvalue weighted by Gasteiger charge is 2.40. The Hall–Kier alpha value is -3.50. The summed E-state index contributed by atoms with van der Waals surface area (Å²) in [5, 5.41) is 11.2. The lowest BCUT2D eigenvalue weighted by Gasteiger charge is -2.26. The van der Waals surface area contributed by atoms with E-state index in [1.165, 1.54) is 29.3 Å². The van der Waals surface area contributed by atoms with Crippen molar-refractivity contribution in [3.63, 3.8) is 0 Å². The lowest BCUT2D eigenvalue weighted by molar-refractivity contribution is 0.0330. The smallest absolute Gasteiger partial charge is 0.331 e. The minimum atomic E-state index is -3.47. The van der Waals surface area contributed by atoms with E-state index in [2.05, 4.69) is 9.97 Å². The third kappa shape index (κ3) is 4.67. The summed E-state index contributed by atoms with van der Waals surface area (Å²) in [4.78, 5) is 9.92. The van der Waals surface area contributed by atoms with Crippen molar-refractivity contribution in [2.24, 2.45) is 5.84 Å². The van der Waals surface area contributed by atoms with Crippen LogP contribution in [0, 0.1) is 0 Å². The first-order valence-corrected chi connectivity index (χ1v) is 10.5. The number of hydrogen-bond acceptors (Lipinski definition) is 8. The molecule has 0 saturated carbocycles. The van der Waals surface area contributed by atoms with Gasteiger partial charge in [0, 0.05) is 18.7 Å². The number of β-amino-alcohol motifs (C(OH)–C–C–N with tert-alkyl or cyclic N) is 1. The fourth-order valence-corrected chi connectivity index (χ4v) is 3.76. The lowest BCUT2D eigenvalue weighted by Crippen LogP contribution is -2.34. The number of hydrogen-bond donors (Lipinski definition) is 3. The van der Waals surface area contributed by atoms with Crippen LogP contribution in [-0.4, -0.2) is 41.4 Å². The van der Waals surface area contributed by atoms with E-state index in [1.807, 2.05) is 12.1 Å². The monoisotopic (exact) mass is 456 g/mol. The van der Waals surface area contributed by atoms with Gasteiger partial charge in [0.15, 0.2) is 11.6 Å². The van der Waals surface area contributed by atoms with Crippen molar-refractivity contribution in [1.82, 2.24) is 9.97 Å². The molecule has 174 valence electrons. The van der Waals surface area contributed by atoms with Crippen molar-refractivity contribution in [3.8, 4) is 5.75 Å². The molecule has 1 unspecified atom stereocenters. The highest BCUT2D eigenvalue weighted by molar-refractivity contribution is 5.76. The van der Waals surface area contributed by atoms with E-state index in [9.17, 15) is 5.11 Å². The Morgan fingerprint density at radius 1 is 1.15 bits per heavy atom. The summed E-state index contributed by atoms with van der Waals surface area (Å²) in [6.45, 7) is 0.838. The van der Waals surface area contributed by atoms with Crippen LogP contribution in [0.4, 0.5) is 26.1 Å². The largest absolute Gasteiger partial charge is 0.497 e. The van der Waals surface area contributed by atoms with Crippen LogP contribution in [-0.2, 0) is 12.5 Å². The maximum atomic E-state index is 15.4. The molecule has 1 aliphatic heterocycles. The summed E-state index contributed by atoms with van der Waals surface area (Å²) in [7, 11) is 1.57. The average molecular weight is 456 g/mol. The number of hydrazine groups is 1. The highest BCUT2D eigenvalue weighted by Crippen LogP contribution is 2.39. The molecule has 2 heterocycles. The van der Waals surface area contributed by atoms with Crippen LogP contribution < -0.4 is 26.2 Å². The number of aromatic nitrogens is 2. The first kappa shape index (κ1) is 22.7. The molecule has 0 radical (unpaired) electrons. The Kier molecular flexibility index (Phi) is 6.30. The maximum absolute atomic E-state index is 15.4. The molecule has 0 spiro atoms. The molecule has 10 heteroatoms. The number of alkyl halides is 2. The quantitative estimate of drug-likeness (QED) is 0.367. The van der Waals surface area contributed by atoms with E-state index < -0.39 is 17.9 Å². The highest BCUT2D eigenvalue weighted by atomic mass is 19.3. The van der Waals surface area contributed by atoms with Crippen LogP contribution >= 0.6 is 0 Å². The van der Waals surface area contributed by atoms with E-state index in [1.54, 1.807) is 30.2 Å². The van der Waals surface area contributed by atoms with E-state index in [0.29, 0.717) is 18.7 Å². The second-order valence-electron chi connectivity index (χ2n) is 7.91. The molecule has 4 rings (SSSR count). The van der Waals surface area contributed by atoms with Gasteiger partial charge >= 0.3 is 5.92 Å². The zero-order chi connectivity index (χ0) is 23.6. The third-order valence-corrected chi connectivity index (χ3v) is 5.57. The number of nitrogens with two attached hydrogens (primary N) is 2. The minimum Gasteiger partial charge on any atom is -0.497 e. The van der Waals surface area contributed by atoms with Gasteiger partial charge in [0.25, 0.3) is 0 Å². The summed E-state index contributed by atoms with van der Waals surface area (Å²) < 4.78 is 36.0. The van der Waals surface area contributed by atoms with Gasteiger partial charge in [-0.05, 0) is 24.1 Å². The molecule has 1 fully saturated rings. The molecule has 2 aromatic carbocycles. The Bertz CT molecular complexity index is 1100. The number of rotatable bonds is 7. The first-order chi connectivity index (χ1) is 15.8. The van der Waals surface area contributed by atoms with Gasteiger partial charge in [-0.15, -0.1) is 0 Å². The van der Waals surface area contributed by atoms with Crippen LogP contribution in [0.15, 0.2) is 54.6 Å². The van der Waals surface area contributed by atoms with Crippen molar-refractivity contribution >= 4 is 17.3 Å². The molecule has 33 heavy (non-hydrogen) atoms. The van der Waals surface area contributed by atoms with Gasteiger partial charge in [-0.1, -0.05) is 42.5 Å². The molecule has 8 nitrogen and oxygen atoms in total. The zero-order valence-corrected chi connectivity index (χ0v) is 18.2. The Balaban J connectivity index is 1.75. The predicted molar refractivity (Wildman–Crippen MR) is 122 cm³/mol. The normalized spacial score (nSPS) is 16.2. The number of aliphatic hydroxyl groups is 1. The standard InChI is InChI=1S/C23H26F2N6O2/c1-33-18-9-7-15(8-10-18)13-31(27)21-19(26)20(30-12-11-17(32)14-30)28-22(29-21)23(24,25)16-5-3-2-4-6-16/h2-10,17,32H,11-14,26-27H2,1H3. The van der Waals surface area contributed by atoms with Crippen LogP contribution in [0.25, 0.3) is 0 Å². The number of ether oxygens (including phenoxy) is 1. The number of nitrogen functional groups attached to an aromatic ring is 1.